The summed E-state index contributed by atoms with van der Waals surface area (Å²) in [5, 5.41) is 1.75. The lowest BCUT2D eigenvalue weighted by molar-refractivity contribution is -0.123. The molecule has 1 saturated heterocycles. The average Bonchev–Trinajstić information content (AvgIpc) is 3.12. The Labute approximate surface area is 209 Å². The molecule has 0 radical (unpaired) electrons. The molecule has 3 aromatic carbocycles. The highest BCUT2D eigenvalue weighted by Crippen LogP contribution is 2.37. The summed E-state index contributed by atoms with van der Waals surface area (Å²) in [6.07, 6.45) is 4.07. The van der Waals surface area contributed by atoms with Crippen LogP contribution in [0, 0.1) is 0 Å². The van der Waals surface area contributed by atoms with E-state index >= 15 is 0 Å². The third-order valence-corrected chi connectivity index (χ3v) is 6.42. The van der Waals surface area contributed by atoms with Gasteiger partial charge >= 0.3 is 0 Å². The van der Waals surface area contributed by atoms with Gasteiger partial charge in [0.15, 0.2) is 11.5 Å². The van der Waals surface area contributed by atoms with Gasteiger partial charge in [0.25, 0.3) is 11.1 Å². The third-order valence-electron chi connectivity index (χ3n) is 5.52. The van der Waals surface area contributed by atoms with Crippen LogP contribution in [0.5, 0.6) is 17.2 Å². The molecule has 1 aliphatic heterocycles. The Kier molecular flexibility index (Phi) is 7.77. The lowest BCUT2D eigenvalue weighted by Gasteiger charge is -2.15. The molecule has 1 aliphatic rings. The van der Waals surface area contributed by atoms with Gasteiger partial charge in [0.2, 0.25) is 0 Å². The Bertz CT molecular complexity index is 1290. The zero-order valence-electron chi connectivity index (χ0n) is 19.8. The fourth-order valence-corrected chi connectivity index (χ4v) is 4.85. The predicted octanol–water partition coefficient (Wildman–Crippen LogP) is 6.09. The largest absolute Gasteiger partial charge is 0.493 e. The summed E-state index contributed by atoms with van der Waals surface area (Å²) in [5.41, 5.74) is 1.64. The molecule has 0 spiro atoms. The molecule has 0 unspecified atom stereocenters. The zero-order valence-corrected chi connectivity index (χ0v) is 20.6. The van der Waals surface area contributed by atoms with Crippen molar-refractivity contribution in [2.75, 3.05) is 26.9 Å². The van der Waals surface area contributed by atoms with E-state index in [0.717, 1.165) is 39.4 Å². The van der Waals surface area contributed by atoms with Crippen LogP contribution in [0.3, 0.4) is 0 Å². The van der Waals surface area contributed by atoms with Crippen molar-refractivity contribution in [1.82, 2.24) is 4.90 Å². The zero-order chi connectivity index (χ0) is 24.8. The maximum atomic E-state index is 13.0. The average molecular weight is 490 g/mol. The maximum Gasteiger partial charge on any atom is 0.293 e. The monoisotopic (exact) mass is 489 g/mol. The molecule has 0 atom stereocenters. The van der Waals surface area contributed by atoms with Crippen LogP contribution in [0.15, 0.2) is 72.2 Å². The number of fused-ring (bicyclic) bond motifs is 1. The van der Waals surface area contributed by atoms with Gasteiger partial charge in [-0.05, 0) is 60.3 Å². The molecular weight excluding hydrogens is 462 g/mol. The van der Waals surface area contributed by atoms with E-state index in [-0.39, 0.29) is 24.3 Å². The molecule has 0 N–H and O–H groups in total. The molecule has 0 saturated carbocycles. The predicted molar refractivity (Wildman–Crippen MR) is 140 cm³/mol. The molecule has 35 heavy (non-hydrogen) atoms. The van der Waals surface area contributed by atoms with Gasteiger partial charge in [-0.3, -0.25) is 14.5 Å². The van der Waals surface area contributed by atoms with Crippen LogP contribution in [0.25, 0.3) is 16.8 Å². The Morgan fingerprint density at radius 1 is 1.03 bits per heavy atom. The number of ether oxygens (including phenoxy) is 3. The SMILES string of the molecule is C=CCc1cc(/C=C2\SC(=O)N(CCOc3cccc4ccccc34)C2=O)cc(OCC)c1OC. The number of hydrogen-bond acceptors (Lipinski definition) is 6. The number of hydrogen-bond donors (Lipinski definition) is 0. The van der Waals surface area contributed by atoms with Crippen molar-refractivity contribution < 1.29 is 23.8 Å². The van der Waals surface area contributed by atoms with Crippen LogP contribution in [0.2, 0.25) is 0 Å². The summed E-state index contributed by atoms with van der Waals surface area (Å²) < 4.78 is 17.2. The Balaban J connectivity index is 1.50. The molecule has 0 bridgehead atoms. The summed E-state index contributed by atoms with van der Waals surface area (Å²) >= 11 is 0.925. The van der Waals surface area contributed by atoms with E-state index in [2.05, 4.69) is 6.58 Å². The van der Waals surface area contributed by atoms with Crippen molar-refractivity contribution >= 4 is 39.8 Å². The minimum Gasteiger partial charge on any atom is -0.493 e. The topological polar surface area (TPSA) is 65.1 Å². The molecule has 1 fully saturated rings. The summed E-state index contributed by atoms with van der Waals surface area (Å²) in [4.78, 5) is 27.2. The highest BCUT2D eigenvalue weighted by Gasteiger charge is 2.35. The number of thioether (sulfide) groups is 1. The molecule has 0 aliphatic carbocycles. The number of imide groups is 1. The van der Waals surface area contributed by atoms with Crippen LogP contribution in [0.4, 0.5) is 4.79 Å². The van der Waals surface area contributed by atoms with E-state index in [1.54, 1.807) is 19.3 Å². The second-order valence-electron chi connectivity index (χ2n) is 7.80. The Morgan fingerprint density at radius 2 is 1.83 bits per heavy atom. The lowest BCUT2D eigenvalue weighted by Crippen LogP contribution is -2.32. The first-order chi connectivity index (χ1) is 17.0. The molecule has 0 aromatic heterocycles. The number of nitrogens with zero attached hydrogens (tertiary/aromatic N) is 1. The highest BCUT2D eigenvalue weighted by molar-refractivity contribution is 8.18. The van der Waals surface area contributed by atoms with Crippen LogP contribution < -0.4 is 14.2 Å². The van der Waals surface area contributed by atoms with Gasteiger partial charge in [-0.1, -0.05) is 42.5 Å². The van der Waals surface area contributed by atoms with Gasteiger partial charge in [-0.2, -0.15) is 0 Å². The van der Waals surface area contributed by atoms with Gasteiger partial charge in [0.1, 0.15) is 12.4 Å². The number of carbonyl (C=O) groups is 2. The van der Waals surface area contributed by atoms with Crippen LogP contribution >= 0.6 is 11.8 Å². The first kappa shape index (κ1) is 24.4. The van der Waals surface area contributed by atoms with E-state index in [4.69, 9.17) is 14.2 Å². The summed E-state index contributed by atoms with van der Waals surface area (Å²) in [6, 6.07) is 17.5. The number of rotatable bonds is 10. The minimum atomic E-state index is -0.333. The summed E-state index contributed by atoms with van der Waals surface area (Å²) in [7, 11) is 1.59. The van der Waals surface area contributed by atoms with Gasteiger partial charge in [0, 0.05) is 10.9 Å². The second kappa shape index (κ2) is 11.1. The standard InChI is InChI=1S/C28H27NO5S/c1-4-9-21-16-19(17-24(33-5-2)26(21)32-3)18-25-27(30)29(28(31)35-25)14-15-34-23-13-8-11-20-10-6-7-12-22(20)23/h4,6-8,10-13,16-18H,1,5,9,14-15H2,2-3H3/b25-18-. The first-order valence-corrected chi connectivity index (χ1v) is 12.2. The van der Waals surface area contributed by atoms with Crippen LogP contribution in [-0.4, -0.2) is 42.9 Å². The molecule has 4 rings (SSSR count). The summed E-state index contributed by atoms with van der Waals surface area (Å²) in [6.45, 7) is 6.55. The van der Waals surface area contributed by atoms with Gasteiger partial charge < -0.3 is 14.2 Å². The lowest BCUT2D eigenvalue weighted by atomic mass is 10.0. The van der Waals surface area contributed by atoms with E-state index in [9.17, 15) is 9.59 Å². The second-order valence-corrected chi connectivity index (χ2v) is 8.79. The molecular formula is C28H27NO5S. The van der Waals surface area contributed by atoms with E-state index < -0.39 is 0 Å². The molecule has 7 heteroatoms. The Morgan fingerprint density at radius 3 is 2.60 bits per heavy atom. The fourth-order valence-electron chi connectivity index (χ4n) is 3.98. The van der Waals surface area contributed by atoms with Crippen molar-refractivity contribution in [3.05, 3.63) is 83.3 Å². The minimum absolute atomic E-state index is 0.166. The van der Waals surface area contributed by atoms with Crippen LogP contribution in [0.1, 0.15) is 18.1 Å². The van der Waals surface area contributed by atoms with E-state index in [1.807, 2.05) is 61.5 Å². The third kappa shape index (κ3) is 5.35. The van der Waals surface area contributed by atoms with Gasteiger partial charge in [-0.15, -0.1) is 6.58 Å². The molecule has 180 valence electrons. The normalized spacial score (nSPS) is 14.6. The van der Waals surface area contributed by atoms with Crippen molar-refractivity contribution in [3.63, 3.8) is 0 Å². The van der Waals surface area contributed by atoms with Crippen molar-refractivity contribution in [2.45, 2.75) is 13.3 Å². The smallest absolute Gasteiger partial charge is 0.293 e. The molecule has 2 amide bonds. The van der Waals surface area contributed by atoms with Gasteiger partial charge in [0.05, 0.1) is 25.2 Å². The maximum absolute atomic E-state index is 13.0. The van der Waals surface area contributed by atoms with E-state index in [0.29, 0.717) is 29.4 Å². The number of amides is 2. The fraction of sp³-hybridized carbons (Fsp3) is 0.214. The number of allylic oxidation sites excluding steroid dienone is 1. The molecule has 6 nitrogen and oxygen atoms in total. The number of benzene rings is 3. The van der Waals surface area contributed by atoms with Crippen molar-refractivity contribution in [3.8, 4) is 17.2 Å². The first-order valence-electron chi connectivity index (χ1n) is 11.4. The van der Waals surface area contributed by atoms with Crippen molar-refractivity contribution in [2.24, 2.45) is 0 Å². The quantitative estimate of drug-likeness (QED) is 0.254. The highest BCUT2D eigenvalue weighted by atomic mass is 32.2. The molecule has 1 heterocycles. The summed E-state index contributed by atoms with van der Waals surface area (Å²) in [5.74, 6) is 1.62. The van der Waals surface area contributed by atoms with Crippen molar-refractivity contribution in [1.29, 1.82) is 0 Å². The number of methoxy groups -OCH3 is 1. The van der Waals surface area contributed by atoms with Gasteiger partial charge in [-0.25, -0.2) is 0 Å². The molecule has 3 aromatic rings. The number of carbonyl (C=O) groups excluding carboxylic acids is 2. The Hall–Kier alpha value is -3.71. The van der Waals surface area contributed by atoms with E-state index in [1.165, 1.54) is 4.90 Å². The van der Waals surface area contributed by atoms with Crippen LogP contribution in [-0.2, 0) is 11.2 Å².